The maximum absolute atomic E-state index is 14.8. The van der Waals surface area contributed by atoms with Crippen molar-refractivity contribution >= 4 is 11.6 Å². The van der Waals surface area contributed by atoms with Gasteiger partial charge in [-0.3, -0.25) is 0 Å². The average Bonchev–Trinajstić information content (AvgIpc) is 3.24. The first-order valence-corrected chi connectivity index (χ1v) is 12.0. The summed E-state index contributed by atoms with van der Waals surface area (Å²) >= 11 is 0. The van der Waals surface area contributed by atoms with Crippen LogP contribution in [0, 0.1) is 11.7 Å². The van der Waals surface area contributed by atoms with Gasteiger partial charge < -0.3 is 25.1 Å². The van der Waals surface area contributed by atoms with Crippen molar-refractivity contribution in [2.45, 2.75) is 52.7 Å². The Bertz CT molecular complexity index is 716. The number of halogens is 1. The highest BCUT2D eigenvalue weighted by atomic mass is 19.1. The number of anilines is 1. The summed E-state index contributed by atoms with van der Waals surface area (Å²) in [6, 6.07) is 5.45. The van der Waals surface area contributed by atoms with Crippen LogP contribution in [0.1, 0.15) is 45.6 Å². The van der Waals surface area contributed by atoms with Crippen LogP contribution in [0.25, 0.3) is 0 Å². The lowest BCUT2D eigenvalue weighted by atomic mass is 10.1. The van der Waals surface area contributed by atoms with Crippen molar-refractivity contribution in [3.63, 3.8) is 0 Å². The van der Waals surface area contributed by atoms with Crippen LogP contribution in [-0.4, -0.2) is 79.3 Å². The van der Waals surface area contributed by atoms with Gasteiger partial charge >= 0.3 is 0 Å². The highest BCUT2D eigenvalue weighted by Gasteiger charge is 2.26. The third-order valence-electron chi connectivity index (χ3n) is 6.56. The zero-order chi connectivity index (χ0) is 22.2. The number of piperidine rings is 1. The van der Waals surface area contributed by atoms with Crippen LogP contribution >= 0.6 is 0 Å². The number of rotatable bonds is 8. The fourth-order valence-electron chi connectivity index (χ4n) is 4.62. The normalized spacial score (nSPS) is 20.7. The summed E-state index contributed by atoms with van der Waals surface area (Å²) in [7, 11) is 0. The molecule has 0 amide bonds. The average molecular weight is 434 g/mol. The van der Waals surface area contributed by atoms with Crippen LogP contribution in [0.15, 0.2) is 23.2 Å². The fourth-order valence-corrected chi connectivity index (χ4v) is 4.62. The molecule has 1 atom stereocenters. The second kappa shape index (κ2) is 11.7. The molecule has 2 heterocycles. The van der Waals surface area contributed by atoms with Gasteiger partial charge in [-0.05, 0) is 62.9 Å². The molecule has 0 aliphatic carbocycles. The molecule has 2 aliphatic rings. The number of aliphatic hydroxyl groups is 1. The van der Waals surface area contributed by atoms with E-state index in [1.807, 2.05) is 17.0 Å². The van der Waals surface area contributed by atoms with Crippen LogP contribution in [-0.2, 0) is 6.54 Å². The Morgan fingerprint density at radius 1 is 1.16 bits per heavy atom. The van der Waals surface area contributed by atoms with Gasteiger partial charge in [0.1, 0.15) is 5.82 Å². The Morgan fingerprint density at radius 2 is 1.90 bits per heavy atom. The van der Waals surface area contributed by atoms with E-state index in [4.69, 9.17) is 4.99 Å². The van der Waals surface area contributed by atoms with E-state index in [0.717, 1.165) is 50.8 Å². The summed E-state index contributed by atoms with van der Waals surface area (Å²) < 4.78 is 14.8. The van der Waals surface area contributed by atoms with Crippen molar-refractivity contribution in [1.82, 2.24) is 15.1 Å². The van der Waals surface area contributed by atoms with Gasteiger partial charge in [-0.2, -0.15) is 0 Å². The number of aliphatic imine (C=N–C) groups is 1. The van der Waals surface area contributed by atoms with Crippen molar-refractivity contribution in [3.05, 3.63) is 29.6 Å². The minimum absolute atomic E-state index is 0.199. The third kappa shape index (κ3) is 6.56. The number of benzene rings is 1. The van der Waals surface area contributed by atoms with Gasteiger partial charge in [-0.15, -0.1) is 0 Å². The molecule has 0 saturated carbocycles. The van der Waals surface area contributed by atoms with Crippen LogP contribution in [0.5, 0.6) is 0 Å². The van der Waals surface area contributed by atoms with Gasteiger partial charge in [0.05, 0.1) is 18.3 Å². The molecular weight excluding hydrogens is 393 g/mol. The summed E-state index contributed by atoms with van der Waals surface area (Å²) in [6.07, 6.45) is 2.33. The Hall–Kier alpha value is -1.86. The molecule has 3 rings (SSSR count). The van der Waals surface area contributed by atoms with E-state index in [-0.39, 0.29) is 11.9 Å². The van der Waals surface area contributed by atoms with Gasteiger partial charge in [0, 0.05) is 39.3 Å². The number of hydrogen-bond donors (Lipinski definition) is 2. The molecule has 6 nitrogen and oxygen atoms in total. The second-order valence-corrected chi connectivity index (χ2v) is 8.76. The molecule has 2 saturated heterocycles. The first-order chi connectivity index (χ1) is 15.0. The first kappa shape index (κ1) is 23.8. The van der Waals surface area contributed by atoms with E-state index < -0.39 is 0 Å². The van der Waals surface area contributed by atoms with E-state index in [2.05, 4.69) is 35.9 Å². The molecule has 1 aromatic rings. The lowest BCUT2D eigenvalue weighted by molar-refractivity contribution is 0.145. The maximum Gasteiger partial charge on any atom is 0.194 e. The van der Waals surface area contributed by atoms with Crippen LogP contribution < -0.4 is 10.2 Å². The van der Waals surface area contributed by atoms with E-state index >= 15 is 0 Å². The molecule has 31 heavy (non-hydrogen) atoms. The van der Waals surface area contributed by atoms with Crippen molar-refractivity contribution in [2.24, 2.45) is 10.9 Å². The summed E-state index contributed by atoms with van der Waals surface area (Å²) in [5.41, 5.74) is 1.51. The zero-order valence-electron chi connectivity index (χ0n) is 19.5. The van der Waals surface area contributed by atoms with E-state index in [9.17, 15) is 9.50 Å². The molecule has 174 valence electrons. The van der Waals surface area contributed by atoms with Crippen molar-refractivity contribution in [1.29, 1.82) is 0 Å². The highest BCUT2D eigenvalue weighted by Crippen LogP contribution is 2.25. The monoisotopic (exact) mass is 433 g/mol. The zero-order valence-corrected chi connectivity index (χ0v) is 19.5. The first-order valence-electron chi connectivity index (χ1n) is 12.0. The minimum atomic E-state index is -0.255. The molecule has 0 radical (unpaired) electrons. The van der Waals surface area contributed by atoms with Crippen LogP contribution in [0.3, 0.4) is 0 Å². The van der Waals surface area contributed by atoms with Crippen LogP contribution in [0.4, 0.5) is 10.1 Å². The predicted octanol–water partition coefficient (Wildman–Crippen LogP) is 2.92. The molecule has 7 heteroatoms. The Morgan fingerprint density at radius 3 is 2.55 bits per heavy atom. The molecule has 2 N–H and O–H groups in total. The molecule has 0 bridgehead atoms. The number of nitrogens with zero attached hydrogens (tertiary/aromatic N) is 4. The largest absolute Gasteiger partial charge is 0.393 e. The number of guanidine groups is 1. The van der Waals surface area contributed by atoms with E-state index in [1.165, 1.54) is 6.42 Å². The SMILES string of the molecule is CCNC(=NCc1ccc(N2CCC(O)CC2)c(F)c1)N1CCC(CN(CC)CC)C1. The van der Waals surface area contributed by atoms with Gasteiger partial charge in [0.2, 0.25) is 0 Å². The maximum atomic E-state index is 14.8. The predicted molar refractivity (Wildman–Crippen MR) is 126 cm³/mol. The lowest BCUT2D eigenvalue weighted by Crippen LogP contribution is -2.40. The molecule has 2 aliphatic heterocycles. The second-order valence-electron chi connectivity index (χ2n) is 8.76. The quantitative estimate of drug-likeness (QED) is 0.488. The highest BCUT2D eigenvalue weighted by molar-refractivity contribution is 5.80. The van der Waals surface area contributed by atoms with E-state index in [1.54, 1.807) is 6.07 Å². The minimum Gasteiger partial charge on any atom is -0.393 e. The number of likely N-dealkylation sites (tertiary alicyclic amines) is 1. The number of aliphatic hydroxyl groups excluding tert-OH is 1. The Balaban J connectivity index is 1.61. The van der Waals surface area contributed by atoms with E-state index in [0.29, 0.717) is 44.1 Å². The standard InChI is InChI=1S/C24H40FN5O/c1-4-26-24(30-12-9-20(18-30)17-28(5-2)6-3)27-16-19-7-8-23(22(25)15-19)29-13-10-21(31)11-14-29/h7-8,15,20-21,31H,4-6,9-14,16-18H2,1-3H3,(H,26,27). The van der Waals surface area contributed by atoms with Crippen LogP contribution in [0.2, 0.25) is 0 Å². The van der Waals surface area contributed by atoms with Gasteiger partial charge in [0.15, 0.2) is 5.96 Å². The summed E-state index contributed by atoms with van der Waals surface area (Å²) in [6.45, 7) is 14.6. The van der Waals surface area contributed by atoms with Gasteiger partial charge in [-0.1, -0.05) is 19.9 Å². The third-order valence-corrected chi connectivity index (χ3v) is 6.56. The summed E-state index contributed by atoms with van der Waals surface area (Å²) in [5, 5.41) is 13.1. The summed E-state index contributed by atoms with van der Waals surface area (Å²) in [4.78, 5) is 11.7. The van der Waals surface area contributed by atoms with Gasteiger partial charge in [0.25, 0.3) is 0 Å². The van der Waals surface area contributed by atoms with Gasteiger partial charge in [-0.25, -0.2) is 9.38 Å². The van der Waals surface area contributed by atoms with Crippen molar-refractivity contribution in [3.8, 4) is 0 Å². The topological polar surface area (TPSA) is 54.3 Å². The number of nitrogens with one attached hydrogen (secondary N) is 1. The summed E-state index contributed by atoms with van der Waals surface area (Å²) in [5.74, 6) is 1.40. The lowest BCUT2D eigenvalue weighted by Gasteiger charge is -2.31. The molecule has 1 unspecified atom stereocenters. The molecule has 0 spiro atoms. The van der Waals surface area contributed by atoms with Crippen molar-refractivity contribution in [2.75, 3.05) is 57.3 Å². The Kier molecular flexibility index (Phi) is 8.96. The molecular formula is C24H40FN5O. The molecule has 2 fully saturated rings. The van der Waals surface area contributed by atoms with Crippen molar-refractivity contribution < 1.29 is 9.50 Å². The smallest absolute Gasteiger partial charge is 0.194 e. The number of hydrogen-bond acceptors (Lipinski definition) is 4. The molecule has 1 aromatic carbocycles. The molecule has 0 aromatic heterocycles. The fraction of sp³-hybridized carbons (Fsp3) is 0.708. The Labute approximate surface area is 187 Å².